The molecule has 0 radical (unpaired) electrons. The predicted molar refractivity (Wildman–Crippen MR) is 276 cm³/mol. The molecule has 0 bridgehead atoms. The molecule has 2 aliphatic rings. The zero-order chi connectivity index (χ0) is 42.9. The van der Waals surface area contributed by atoms with Gasteiger partial charge in [0.15, 0.2) is 0 Å². The van der Waals surface area contributed by atoms with Crippen molar-refractivity contribution in [3.8, 4) is 33.4 Å². The second-order valence-corrected chi connectivity index (χ2v) is 32.8. The molecule has 0 heterocycles. The van der Waals surface area contributed by atoms with Crippen molar-refractivity contribution < 1.29 is 18.3 Å². The van der Waals surface area contributed by atoms with Crippen LogP contribution >= 0.6 is 48.0 Å². The van der Waals surface area contributed by atoms with Gasteiger partial charge in [-0.1, -0.05) is 0 Å². The van der Waals surface area contributed by atoms with Crippen LogP contribution < -0.4 is 9.81 Å². The molecule has 0 fully saturated rings. The van der Waals surface area contributed by atoms with Crippen molar-refractivity contribution in [3.63, 3.8) is 0 Å². The first-order valence-corrected chi connectivity index (χ1v) is 29.3. The number of halogens is 4. The van der Waals surface area contributed by atoms with E-state index in [-0.39, 0.29) is 36.1 Å². The summed E-state index contributed by atoms with van der Waals surface area (Å²) in [4.78, 5) is 0. The van der Waals surface area contributed by atoms with Crippen molar-refractivity contribution in [1.29, 1.82) is 0 Å². The summed E-state index contributed by atoms with van der Waals surface area (Å²) in [6.45, 7) is 22.9. The zero-order valence-corrected chi connectivity index (χ0v) is 43.8. The van der Waals surface area contributed by atoms with E-state index in [9.17, 15) is 0 Å². The van der Waals surface area contributed by atoms with Gasteiger partial charge in [-0.15, -0.1) is 24.8 Å². The van der Waals surface area contributed by atoms with E-state index in [1.54, 1.807) is 0 Å². The van der Waals surface area contributed by atoms with Gasteiger partial charge in [0.25, 0.3) is 0 Å². The Morgan fingerprint density at radius 2 is 1.11 bits per heavy atom. The van der Waals surface area contributed by atoms with Crippen molar-refractivity contribution in [1.82, 2.24) is 0 Å². The van der Waals surface area contributed by atoms with Gasteiger partial charge < -0.3 is 0 Å². The van der Waals surface area contributed by atoms with Gasteiger partial charge in [0, 0.05) is 0 Å². The van der Waals surface area contributed by atoms with Crippen molar-refractivity contribution in [2.45, 2.75) is 94.9 Å². The van der Waals surface area contributed by atoms with E-state index in [0.29, 0.717) is 0 Å². The van der Waals surface area contributed by atoms with E-state index >= 15 is 0 Å². The molecule has 62 heavy (non-hydrogen) atoms. The molecule has 2 aliphatic carbocycles. The van der Waals surface area contributed by atoms with Crippen LogP contribution in [-0.2, 0) is 24.7 Å². The molecule has 6 aromatic rings. The van der Waals surface area contributed by atoms with Crippen molar-refractivity contribution in [3.05, 3.63) is 179 Å². The summed E-state index contributed by atoms with van der Waals surface area (Å²) in [6.07, 6.45) is 9.44. The second kappa shape index (κ2) is 17.9. The normalized spacial score (nSPS) is 14.7. The van der Waals surface area contributed by atoms with E-state index < -0.39 is 18.3 Å². The Kier molecular flexibility index (Phi) is 13.9. The molecular weight excluding hydrogens is 918 g/mol. The van der Waals surface area contributed by atoms with Gasteiger partial charge in [-0.2, -0.15) is 0 Å². The molecule has 0 aliphatic heterocycles. The maximum atomic E-state index is 6.85. The van der Waals surface area contributed by atoms with Crippen molar-refractivity contribution in [2.24, 2.45) is 11.3 Å². The summed E-state index contributed by atoms with van der Waals surface area (Å²) < 4.78 is 11.6. The number of fused-ring (bicyclic) bond motifs is 3. The Morgan fingerprint density at radius 3 is 1.61 bits per heavy atom. The summed E-state index contributed by atoms with van der Waals surface area (Å²) in [5.74, 6) is 0.237. The van der Waals surface area contributed by atoms with Crippen LogP contribution in [0, 0.1) is 52.9 Å². The minimum absolute atomic E-state index is 0. The number of hydrogen-bond acceptors (Lipinski definition) is 0. The number of benzene rings is 6. The Balaban J connectivity index is 0.00000321. The van der Waals surface area contributed by atoms with Gasteiger partial charge in [-0.3, -0.25) is 0 Å². The summed E-state index contributed by atoms with van der Waals surface area (Å²) in [5.41, 5.74) is 19.9. The van der Waals surface area contributed by atoms with Gasteiger partial charge in [0.1, 0.15) is 0 Å². The van der Waals surface area contributed by atoms with Gasteiger partial charge in [-0.05, 0) is 0 Å². The molecule has 0 N–H and O–H groups in total. The number of allylic oxidation sites excluding steroid dienone is 4. The Morgan fingerprint density at radius 1 is 0.629 bits per heavy atom. The Hall–Kier alpha value is -3.29. The number of unbranched alkanes of at least 4 members (excludes halogenated alkanes) is 1. The first-order chi connectivity index (χ1) is 28.4. The molecule has 0 amide bonds. The zero-order valence-electron chi connectivity index (χ0n) is 38.2. The fourth-order valence-corrected chi connectivity index (χ4v) is 28.6. The second-order valence-electron chi connectivity index (χ2n) is 19.3. The topological polar surface area (TPSA) is 0 Å². The molecule has 322 valence electrons. The summed E-state index contributed by atoms with van der Waals surface area (Å²) in [6, 6.07) is 39.3. The average Bonchev–Trinajstić information content (AvgIpc) is 3.79. The molecule has 0 saturated carbocycles. The van der Waals surface area contributed by atoms with Crippen LogP contribution in [0.15, 0.2) is 124 Å². The molecule has 6 aromatic carbocycles. The molecule has 1 atom stereocenters. The van der Waals surface area contributed by atoms with Crippen molar-refractivity contribution >= 4 is 62.0 Å². The fourth-order valence-electron chi connectivity index (χ4n) is 11.4. The minimum atomic E-state index is -5.47. The van der Waals surface area contributed by atoms with Crippen LogP contribution in [0.2, 0.25) is 10.0 Å². The Bertz CT molecular complexity index is 2730. The maximum absolute atomic E-state index is 6.85. The third-order valence-corrected chi connectivity index (χ3v) is 30.9. The first-order valence-electron chi connectivity index (χ1n) is 21.9. The van der Waals surface area contributed by atoms with Crippen LogP contribution in [0.4, 0.5) is 0 Å². The molecule has 5 heteroatoms. The standard InChI is InChI=1S/C31H29.C13H21.2C6H4Cl.CH2.2ClH.Zr/c1-18-11-20(3)30(21(4)12-18)24-7-9-28-26(15-24)17-27-16-25(8-10-29(27)28)31-22(5)13-19(2)14-23(31)6;1-5-6-7-11-8-9-12(10-11)13(2,3)4;2*7-6-4-2-1-3-5-6;;;;/h7-15H,17H2,1-6H3;9-11H,5-7H2,1-4H3;2*2-5H;1H2;2*1H;. The summed E-state index contributed by atoms with van der Waals surface area (Å²) >= 11 is 8.24. The van der Waals surface area contributed by atoms with Gasteiger partial charge in [0.2, 0.25) is 0 Å². The van der Waals surface area contributed by atoms with Crippen LogP contribution in [0.1, 0.15) is 91.5 Å². The SMILES string of the molecule is Cl.Cl.[CH2]=[Zr]([C]1=CC(C(C)(C)C)=CC1CCCC)([c]1ccc(Cl)cc1)([c]1ccc(Cl)cc1)[c]1c(-c2c(C)cc(C)cc2C)ccc2c1Cc1cc(-c3c(C)cc(C)cc3C)ccc1-2. The van der Waals surface area contributed by atoms with E-state index in [1.807, 2.05) is 0 Å². The third-order valence-electron chi connectivity index (χ3n) is 14.0. The van der Waals surface area contributed by atoms with Crippen LogP contribution in [-0.4, -0.2) is 4.21 Å². The van der Waals surface area contributed by atoms with Gasteiger partial charge in [0.05, 0.1) is 0 Å². The van der Waals surface area contributed by atoms with Crippen LogP contribution in [0.3, 0.4) is 0 Å². The average molecular weight is 980 g/mol. The monoisotopic (exact) mass is 976 g/mol. The van der Waals surface area contributed by atoms with Crippen LogP contribution in [0.5, 0.6) is 0 Å². The molecular formula is C57H62Cl4Zr. The summed E-state index contributed by atoms with van der Waals surface area (Å²) in [7, 11) is 0. The van der Waals surface area contributed by atoms with Crippen LogP contribution in [0.25, 0.3) is 33.4 Å². The third kappa shape index (κ3) is 7.96. The molecule has 1 unspecified atom stereocenters. The molecule has 0 nitrogen and oxygen atoms in total. The van der Waals surface area contributed by atoms with Gasteiger partial charge >= 0.3 is 374 Å². The number of aryl methyl sites for hydroxylation is 6. The fraction of sp³-hybridized carbons (Fsp3) is 0.281. The molecule has 0 saturated heterocycles. The van der Waals surface area contributed by atoms with Gasteiger partial charge in [-0.25, -0.2) is 0 Å². The van der Waals surface area contributed by atoms with E-state index in [1.165, 1.54) is 96.6 Å². The molecule has 0 aromatic heterocycles. The first kappa shape index (κ1) is 48.2. The van der Waals surface area contributed by atoms with Crippen molar-refractivity contribution in [2.75, 3.05) is 0 Å². The van der Waals surface area contributed by atoms with E-state index in [2.05, 4.69) is 185 Å². The predicted octanol–water partition coefficient (Wildman–Crippen LogP) is 15.7. The van der Waals surface area contributed by atoms with E-state index in [4.69, 9.17) is 27.4 Å². The quantitative estimate of drug-likeness (QED) is 0.135. The number of hydrogen-bond donors (Lipinski definition) is 0. The Labute approximate surface area is 395 Å². The number of rotatable bonds is 9. The van der Waals surface area contributed by atoms with E-state index in [0.717, 1.165) is 35.7 Å². The molecule has 0 spiro atoms. The summed E-state index contributed by atoms with van der Waals surface area (Å²) in [5, 5.41) is 1.47. The molecule has 8 rings (SSSR count).